The minimum absolute atomic E-state index is 0.109. The fraction of sp³-hybridized carbons (Fsp3) is 0.188. The summed E-state index contributed by atoms with van der Waals surface area (Å²) in [6.45, 7) is 0.436. The van der Waals surface area contributed by atoms with Crippen LogP contribution in [0.2, 0.25) is 0 Å². The number of carbonyl (C=O) groups excluding carboxylic acids is 1. The molecule has 20 heavy (non-hydrogen) atoms. The zero-order valence-corrected chi connectivity index (χ0v) is 11.6. The smallest absolute Gasteiger partial charge is 0.251 e. The van der Waals surface area contributed by atoms with Gasteiger partial charge in [0.1, 0.15) is 5.75 Å². The van der Waals surface area contributed by atoms with Crippen LogP contribution in [0.3, 0.4) is 0 Å². The van der Waals surface area contributed by atoms with Crippen molar-refractivity contribution < 1.29 is 9.90 Å². The van der Waals surface area contributed by atoms with Gasteiger partial charge in [0.2, 0.25) is 0 Å². The summed E-state index contributed by atoms with van der Waals surface area (Å²) in [7, 11) is 3.88. The summed E-state index contributed by atoms with van der Waals surface area (Å²) < 4.78 is 0. The van der Waals surface area contributed by atoms with E-state index >= 15 is 0 Å². The number of anilines is 1. The Labute approximate surface area is 118 Å². The van der Waals surface area contributed by atoms with Crippen LogP contribution in [0.15, 0.2) is 48.5 Å². The number of amides is 1. The third kappa shape index (κ3) is 3.51. The van der Waals surface area contributed by atoms with Crippen LogP contribution in [0.1, 0.15) is 15.9 Å². The first-order valence-electron chi connectivity index (χ1n) is 6.40. The van der Waals surface area contributed by atoms with Crippen LogP contribution >= 0.6 is 0 Å². The minimum atomic E-state index is -0.109. The van der Waals surface area contributed by atoms with Crippen LogP contribution in [0.25, 0.3) is 0 Å². The molecule has 2 aromatic rings. The highest BCUT2D eigenvalue weighted by molar-refractivity contribution is 5.95. The number of aromatic hydroxyl groups is 1. The van der Waals surface area contributed by atoms with Crippen LogP contribution in [0.4, 0.5) is 5.69 Å². The largest absolute Gasteiger partial charge is 0.508 e. The van der Waals surface area contributed by atoms with Gasteiger partial charge in [0.25, 0.3) is 5.91 Å². The van der Waals surface area contributed by atoms with Crippen molar-refractivity contribution in [3.63, 3.8) is 0 Å². The van der Waals surface area contributed by atoms with E-state index in [4.69, 9.17) is 0 Å². The molecule has 0 spiro atoms. The highest BCUT2D eigenvalue weighted by Crippen LogP contribution is 2.14. The van der Waals surface area contributed by atoms with Crippen molar-refractivity contribution in [2.24, 2.45) is 0 Å². The average Bonchev–Trinajstić information content (AvgIpc) is 2.46. The van der Waals surface area contributed by atoms with E-state index in [-0.39, 0.29) is 11.7 Å². The standard InChI is InChI=1S/C16H18N2O2/c1-18(2)14-5-3-4-13(10-14)16(20)17-11-12-6-8-15(19)9-7-12/h3-10,19H,11H2,1-2H3,(H,17,20). The molecule has 4 nitrogen and oxygen atoms in total. The minimum Gasteiger partial charge on any atom is -0.508 e. The predicted molar refractivity (Wildman–Crippen MR) is 80.0 cm³/mol. The number of hydrogen-bond donors (Lipinski definition) is 2. The average molecular weight is 270 g/mol. The molecule has 0 aliphatic rings. The molecule has 2 aromatic carbocycles. The molecule has 0 heterocycles. The summed E-state index contributed by atoms with van der Waals surface area (Å²) in [6.07, 6.45) is 0. The highest BCUT2D eigenvalue weighted by atomic mass is 16.3. The molecule has 2 rings (SSSR count). The zero-order valence-electron chi connectivity index (χ0n) is 11.6. The Balaban J connectivity index is 2.01. The van der Waals surface area contributed by atoms with Crippen LogP contribution in [0.5, 0.6) is 5.75 Å². The molecular weight excluding hydrogens is 252 g/mol. The van der Waals surface area contributed by atoms with Crippen LogP contribution < -0.4 is 10.2 Å². The fourth-order valence-corrected chi connectivity index (χ4v) is 1.82. The van der Waals surface area contributed by atoms with Crippen LogP contribution in [-0.4, -0.2) is 25.1 Å². The van der Waals surface area contributed by atoms with Crippen molar-refractivity contribution in [3.8, 4) is 5.75 Å². The number of benzene rings is 2. The summed E-state index contributed by atoms with van der Waals surface area (Å²) >= 11 is 0. The first kappa shape index (κ1) is 13.9. The van der Waals surface area contributed by atoms with Crippen molar-refractivity contribution in [2.75, 3.05) is 19.0 Å². The molecule has 0 bridgehead atoms. The van der Waals surface area contributed by atoms with Gasteiger partial charge in [-0.1, -0.05) is 18.2 Å². The molecule has 2 N–H and O–H groups in total. The lowest BCUT2D eigenvalue weighted by molar-refractivity contribution is 0.0951. The molecule has 0 saturated carbocycles. The SMILES string of the molecule is CN(C)c1cccc(C(=O)NCc2ccc(O)cc2)c1. The summed E-state index contributed by atoms with van der Waals surface area (Å²) in [6, 6.07) is 14.2. The first-order chi connectivity index (χ1) is 9.56. The summed E-state index contributed by atoms with van der Waals surface area (Å²) in [5.74, 6) is 0.112. The van der Waals surface area contributed by atoms with E-state index < -0.39 is 0 Å². The molecule has 1 amide bonds. The number of nitrogens with one attached hydrogen (secondary N) is 1. The van der Waals surface area contributed by atoms with E-state index in [0.717, 1.165) is 11.3 Å². The van der Waals surface area contributed by atoms with Gasteiger partial charge in [-0.25, -0.2) is 0 Å². The Morgan fingerprint density at radius 3 is 2.50 bits per heavy atom. The molecule has 0 radical (unpaired) electrons. The molecule has 0 atom stereocenters. The zero-order chi connectivity index (χ0) is 14.5. The molecule has 0 saturated heterocycles. The molecule has 0 aliphatic carbocycles. The van der Waals surface area contributed by atoms with Gasteiger partial charge in [-0.05, 0) is 35.9 Å². The highest BCUT2D eigenvalue weighted by Gasteiger charge is 2.06. The third-order valence-electron chi connectivity index (χ3n) is 3.01. The molecule has 104 valence electrons. The first-order valence-corrected chi connectivity index (χ1v) is 6.40. The third-order valence-corrected chi connectivity index (χ3v) is 3.01. The van der Waals surface area contributed by atoms with Crippen molar-refractivity contribution in [2.45, 2.75) is 6.54 Å². The Bertz CT molecular complexity index is 592. The molecule has 0 fully saturated rings. The number of carbonyl (C=O) groups is 1. The quantitative estimate of drug-likeness (QED) is 0.897. The second-order valence-electron chi connectivity index (χ2n) is 4.79. The number of phenols is 1. The topological polar surface area (TPSA) is 52.6 Å². The summed E-state index contributed by atoms with van der Waals surface area (Å²) in [5, 5.41) is 12.1. The van der Waals surface area contributed by atoms with Crippen molar-refractivity contribution >= 4 is 11.6 Å². The van der Waals surface area contributed by atoms with Gasteiger partial charge in [-0.15, -0.1) is 0 Å². The normalized spacial score (nSPS) is 10.1. The maximum Gasteiger partial charge on any atom is 0.251 e. The van der Waals surface area contributed by atoms with Gasteiger partial charge in [-0.2, -0.15) is 0 Å². The maximum absolute atomic E-state index is 12.1. The van der Waals surface area contributed by atoms with Gasteiger partial charge >= 0.3 is 0 Å². The van der Waals surface area contributed by atoms with Crippen molar-refractivity contribution in [1.29, 1.82) is 0 Å². The summed E-state index contributed by atoms with van der Waals surface area (Å²) in [5.41, 5.74) is 2.57. The Morgan fingerprint density at radius 1 is 1.15 bits per heavy atom. The van der Waals surface area contributed by atoms with E-state index in [1.807, 2.05) is 37.2 Å². The van der Waals surface area contributed by atoms with Gasteiger partial charge < -0.3 is 15.3 Å². The van der Waals surface area contributed by atoms with Gasteiger partial charge in [0, 0.05) is 31.9 Å². The number of hydrogen-bond acceptors (Lipinski definition) is 3. The van der Waals surface area contributed by atoms with Gasteiger partial charge in [-0.3, -0.25) is 4.79 Å². The summed E-state index contributed by atoms with van der Waals surface area (Å²) in [4.78, 5) is 14.0. The Morgan fingerprint density at radius 2 is 1.85 bits per heavy atom. The van der Waals surface area contributed by atoms with Gasteiger partial charge in [0.15, 0.2) is 0 Å². The van der Waals surface area contributed by atoms with E-state index in [1.54, 1.807) is 30.3 Å². The van der Waals surface area contributed by atoms with E-state index in [9.17, 15) is 9.90 Å². The van der Waals surface area contributed by atoms with E-state index in [2.05, 4.69) is 5.32 Å². The van der Waals surface area contributed by atoms with E-state index in [0.29, 0.717) is 12.1 Å². The second-order valence-corrected chi connectivity index (χ2v) is 4.79. The molecule has 0 unspecified atom stereocenters. The molecular formula is C16H18N2O2. The molecule has 4 heteroatoms. The van der Waals surface area contributed by atoms with E-state index in [1.165, 1.54) is 0 Å². The lowest BCUT2D eigenvalue weighted by Gasteiger charge is -2.13. The Hall–Kier alpha value is -2.49. The lowest BCUT2D eigenvalue weighted by Crippen LogP contribution is -2.23. The Kier molecular flexibility index (Phi) is 4.25. The number of rotatable bonds is 4. The fourth-order valence-electron chi connectivity index (χ4n) is 1.82. The van der Waals surface area contributed by atoms with Crippen molar-refractivity contribution in [3.05, 3.63) is 59.7 Å². The lowest BCUT2D eigenvalue weighted by atomic mass is 10.1. The number of nitrogens with zero attached hydrogens (tertiary/aromatic N) is 1. The van der Waals surface area contributed by atoms with Crippen molar-refractivity contribution in [1.82, 2.24) is 5.32 Å². The molecule has 0 aliphatic heterocycles. The number of phenolic OH excluding ortho intramolecular Hbond substituents is 1. The van der Waals surface area contributed by atoms with Gasteiger partial charge in [0.05, 0.1) is 0 Å². The molecule has 0 aromatic heterocycles. The monoisotopic (exact) mass is 270 g/mol. The van der Waals surface area contributed by atoms with Crippen LogP contribution in [0, 0.1) is 0 Å². The second kappa shape index (κ2) is 6.10. The van der Waals surface area contributed by atoms with Crippen LogP contribution in [-0.2, 0) is 6.54 Å². The maximum atomic E-state index is 12.1. The predicted octanol–water partition coefficient (Wildman–Crippen LogP) is 2.39.